The topological polar surface area (TPSA) is 142 Å². The number of alkyl halides is 9. The second kappa shape index (κ2) is 34.1. The molecule has 1 fully saturated rings. The van der Waals surface area contributed by atoms with Crippen LogP contribution < -0.4 is 4.74 Å². The van der Waals surface area contributed by atoms with Crippen LogP contribution in [0.4, 0.5) is 39.5 Å². The fourth-order valence-electron chi connectivity index (χ4n) is 11.0. The highest BCUT2D eigenvalue weighted by Gasteiger charge is 2.33. The lowest BCUT2D eigenvalue weighted by Crippen LogP contribution is -2.03. The van der Waals surface area contributed by atoms with Gasteiger partial charge in [0.1, 0.15) is 55.8 Å². The molecule has 102 heavy (non-hydrogen) atoms. The number of pyridine rings is 3. The van der Waals surface area contributed by atoms with E-state index in [-0.39, 0.29) is 11.5 Å². The number of hydrogen-bond acceptors (Lipinski definition) is 12. The minimum Gasteiger partial charge on any atom is -0.506 e. The zero-order chi connectivity index (χ0) is 72.7. The maximum Gasteiger partial charge on any atom is 0.416 e. The van der Waals surface area contributed by atoms with Crippen molar-refractivity contribution < 1.29 is 54.5 Å². The van der Waals surface area contributed by atoms with Gasteiger partial charge >= 0.3 is 18.5 Å². The summed E-state index contributed by atoms with van der Waals surface area (Å²) in [6.07, 6.45) is 15.0. The predicted molar refractivity (Wildman–Crippen MR) is 391 cm³/mol. The van der Waals surface area contributed by atoms with Crippen molar-refractivity contribution in [3.63, 3.8) is 0 Å². The number of ether oxygens (including phenoxy) is 1. The number of benzene rings is 3. The average Bonchev–Trinajstić information content (AvgIpc) is 1.64. The summed E-state index contributed by atoms with van der Waals surface area (Å²) in [4.78, 5) is 31.2. The van der Waals surface area contributed by atoms with E-state index in [2.05, 4.69) is 60.0 Å². The van der Waals surface area contributed by atoms with Gasteiger partial charge in [-0.1, -0.05) is 121 Å². The summed E-state index contributed by atoms with van der Waals surface area (Å²) < 4.78 is 128. The van der Waals surface area contributed by atoms with Gasteiger partial charge in [-0.15, -0.1) is 47.2 Å². The van der Waals surface area contributed by atoms with Gasteiger partial charge in [-0.2, -0.15) is 39.5 Å². The fraction of sp³-hybridized carbons (Fsp3) is 0.308. The first-order chi connectivity index (χ1) is 49.0. The number of halogens is 9. The van der Waals surface area contributed by atoms with E-state index in [0.717, 1.165) is 170 Å². The van der Waals surface area contributed by atoms with Crippen LogP contribution in [0.15, 0.2) is 172 Å². The van der Waals surface area contributed by atoms with Crippen LogP contribution in [0.1, 0.15) is 138 Å². The van der Waals surface area contributed by atoms with Crippen molar-refractivity contribution in [3.8, 4) is 49.0 Å². The molecule has 0 spiro atoms. The Balaban J connectivity index is 0.000000161. The first kappa shape index (κ1) is 75.3. The molecule has 9 aromatic heterocycles. The van der Waals surface area contributed by atoms with Crippen molar-refractivity contribution in [2.75, 3.05) is 6.61 Å². The Morgan fingerprint density at radius 2 is 0.863 bits per heavy atom. The molecule has 3 aromatic carbocycles. The van der Waals surface area contributed by atoms with E-state index in [0.29, 0.717) is 77.2 Å². The minimum atomic E-state index is -4.36. The Bertz CT molecular complexity index is 4670. The molecular weight excluding hydrogens is 1380 g/mol. The Hall–Kier alpha value is -9.39. The van der Waals surface area contributed by atoms with E-state index < -0.39 is 35.2 Å². The first-order valence-electron chi connectivity index (χ1n) is 33.7. The van der Waals surface area contributed by atoms with Crippen molar-refractivity contribution in [2.24, 2.45) is 0 Å². The van der Waals surface area contributed by atoms with Crippen LogP contribution in [0.3, 0.4) is 0 Å². The summed E-state index contributed by atoms with van der Waals surface area (Å²) in [6.45, 7) is 19.6. The molecule has 12 nitrogen and oxygen atoms in total. The van der Waals surface area contributed by atoms with Crippen LogP contribution >= 0.6 is 34.0 Å². The van der Waals surface area contributed by atoms with Gasteiger partial charge in [0.15, 0.2) is 0 Å². The molecule has 0 radical (unpaired) electrons. The summed E-state index contributed by atoms with van der Waals surface area (Å²) in [5.41, 5.74) is 6.67. The highest BCUT2D eigenvalue weighted by atomic mass is 32.1. The maximum absolute atomic E-state index is 12.9. The third kappa shape index (κ3) is 19.2. The van der Waals surface area contributed by atoms with Gasteiger partial charge in [-0.25, -0.2) is 29.9 Å². The normalized spacial score (nSPS) is 12.2. The smallest absolute Gasteiger partial charge is 0.416 e. The van der Waals surface area contributed by atoms with Crippen molar-refractivity contribution in [2.45, 2.75) is 149 Å². The molecule has 2 N–H and O–H groups in total. The van der Waals surface area contributed by atoms with Gasteiger partial charge in [-0.05, 0) is 112 Å². The molecule has 0 aliphatic heterocycles. The zero-order valence-electron chi connectivity index (χ0n) is 56.7. The summed E-state index contributed by atoms with van der Waals surface area (Å²) in [5, 5.41) is 25.2. The van der Waals surface area contributed by atoms with Crippen LogP contribution in [-0.4, -0.2) is 60.4 Å². The fourth-order valence-corrected chi connectivity index (χ4v) is 14.4. The highest BCUT2D eigenvalue weighted by Crippen LogP contribution is 2.39. The van der Waals surface area contributed by atoms with E-state index in [1.165, 1.54) is 95.9 Å². The van der Waals surface area contributed by atoms with Gasteiger partial charge in [-0.3, -0.25) is 0 Å². The molecule has 0 amide bonds. The van der Waals surface area contributed by atoms with Gasteiger partial charge in [0.05, 0.1) is 71.5 Å². The molecule has 534 valence electrons. The van der Waals surface area contributed by atoms with Crippen LogP contribution in [0.25, 0.3) is 64.8 Å². The van der Waals surface area contributed by atoms with Crippen molar-refractivity contribution in [1.82, 2.24) is 43.6 Å². The van der Waals surface area contributed by atoms with Crippen LogP contribution in [-0.2, 0) is 70.3 Å². The molecule has 1 aliphatic rings. The lowest BCUT2D eigenvalue weighted by Gasteiger charge is -2.07. The Labute approximate surface area is 598 Å². The third-order valence-electron chi connectivity index (χ3n) is 16.6. The van der Waals surface area contributed by atoms with Crippen molar-refractivity contribution in [1.29, 1.82) is 0 Å². The number of hydrogen-bond donors (Lipinski definition) is 2. The number of aromatic nitrogens is 9. The van der Waals surface area contributed by atoms with Crippen LogP contribution in [0, 0.1) is 0 Å². The van der Waals surface area contributed by atoms with E-state index >= 15 is 0 Å². The van der Waals surface area contributed by atoms with E-state index in [1.807, 2.05) is 52.0 Å². The molecule has 0 saturated heterocycles. The van der Waals surface area contributed by atoms with Gasteiger partial charge in [0, 0.05) is 78.1 Å². The Morgan fingerprint density at radius 3 is 1.26 bits per heavy atom. The molecule has 13 rings (SSSR count). The minimum absolute atomic E-state index is 0.145. The average molecular weight is 1460 g/mol. The molecule has 0 atom stereocenters. The van der Waals surface area contributed by atoms with Crippen molar-refractivity contribution >= 4 is 67.1 Å². The summed E-state index contributed by atoms with van der Waals surface area (Å²) >= 11 is 4.51. The monoisotopic (exact) mass is 1460 g/mol. The third-order valence-corrected chi connectivity index (χ3v) is 20.0. The summed E-state index contributed by atoms with van der Waals surface area (Å²) in [5.74, 6) is 0.975. The zero-order valence-corrected chi connectivity index (χ0v) is 59.2. The van der Waals surface area contributed by atoms with Crippen molar-refractivity contribution in [3.05, 3.63) is 232 Å². The van der Waals surface area contributed by atoms with Gasteiger partial charge in [0.25, 0.3) is 0 Å². The van der Waals surface area contributed by atoms with E-state index in [9.17, 15) is 49.7 Å². The molecule has 1 aliphatic carbocycles. The lowest BCUT2D eigenvalue weighted by atomic mass is 10.1. The molecular formula is C78H78F9N9O3S3. The molecule has 0 bridgehead atoms. The highest BCUT2D eigenvalue weighted by molar-refractivity contribution is 7.15. The SMILES string of the molecule is C1CC1.C=CCOc1cnc2c(ccn2Cc2sc(-c3ccc(C(F)(F)F)cc3)nc2CCCC)c1.C=CCc1c(O)cnc2c1ccn2Cc1sc(-c2ccc(C(F)(F)F)cc2)nc1CCCC.C=CCc1nc2c(ccn2Cc2sc(-c3ccc(C(F)(F)F)cc3)nc2CCCC)cc1O. The quantitative estimate of drug-likeness (QED) is 0.0422. The second-order valence-corrected chi connectivity index (χ2v) is 27.7. The second-order valence-electron chi connectivity index (χ2n) is 24.5. The molecule has 12 aromatic rings. The molecule has 1 saturated carbocycles. The van der Waals surface area contributed by atoms with E-state index in [1.54, 1.807) is 30.5 Å². The maximum atomic E-state index is 12.9. The number of unbranched alkanes of at least 4 members (excludes halogenated alkanes) is 3. The number of allylic oxidation sites excluding steroid dienone is 2. The lowest BCUT2D eigenvalue weighted by molar-refractivity contribution is -0.138. The van der Waals surface area contributed by atoms with E-state index in [4.69, 9.17) is 19.7 Å². The van der Waals surface area contributed by atoms with Crippen LogP contribution in [0.5, 0.6) is 17.2 Å². The number of rotatable bonds is 25. The standard InChI is InChI=1S/3C25H24F3N3OS.C3H6/c1-3-5-6-21-22(33-24(30-21)17-7-9-19(10-8-17)25(26,27)28)16-31-12-11-18-14-20(32-13-4-2)15-29-23(18)31;1-3-5-7-20-22(33-24(30-20)16-8-10-18(11-9-16)25(26,27)28)15-31-13-12-17-14-21(32)19(6-4-2)29-23(17)31;1-3-5-7-20-22(33-24(30-20)16-8-10-17(11-9-16)25(26,27)28)15-31-13-12-19-18(6-4-2)21(32)14-29-23(19)31;1-2-3-1/h4,7-12,14-15H,2-3,5-6,13,16H2,1H3;2*4,8-14,32H,2-3,5-7,15H2,1H3;1-3H2. The first-order valence-corrected chi connectivity index (χ1v) is 36.2. The Kier molecular flexibility index (Phi) is 25.1. The summed E-state index contributed by atoms with van der Waals surface area (Å²) in [6, 6.07) is 25.0. The predicted octanol–water partition coefficient (Wildman–Crippen LogP) is 22.3. The number of aryl methyl sites for hydroxylation is 3. The Morgan fingerprint density at radius 1 is 0.461 bits per heavy atom. The van der Waals surface area contributed by atoms with Gasteiger partial charge < -0.3 is 28.7 Å². The largest absolute Gasteiger partial charge is 0.506 e. The number of aromatic hydroxyl groups is 2. The molecule has 24 heteroatoms. The van der Waals surface area contributed by atoms with Gasteiger partial charge in [0.2, 0.25) is 0 Å². The molecule has 0 unspecified atom stereocenters. The number of fused-ring (bicyclic) bond motifs is 3. The van der Waals surface area contributed by atoms with Crippen LogP contribution in [0.2, 0.25) is 0 Å². The molecule has 9 heterocycles. The summed E-state index contributed by atoms with van der Waals surface area (Å²) in [7, 11) is 0. The number of nitrogens with zero attached hydrogens (tertiary/aromatic N) is 9. The number of thiazole rings is 3.